The molecule has 0 saturated carbocycles. The van der Waals surface area contributed by atoms with E-state index in [0.29, 0.717) is 13.0 Å². The molecule has 0 spiro atoms. The van der Waals surface area contributed by atoms with Crippen LogP contribution in [0.3, 0.4) is 0 Å². The minimum atomic E-state index is 0.0445. The highest BCUT2D eigenvalue weighted by molar-refractivity contribution is 7.10. The van der Waals surface area contributed by atoms with Crippen LogP contribution < -0.4 is 5.32 Å². The summed E-state index contributed by atoms with van der Waals surface area (Å²) in [6, 6.07) is 14.3. The van der Waals surface area contributed by atoms with Crippen molar-refractivity contribution in [2.75, 3.05) is 0 Å². The van der Waals surface area contributed by atoms with Crippen molar-refractivity contribution in [3.05, 3.63) is 69.9 Å². The Labute approximate surface area is 151 Å². The quantitative estimate of drug-likeness (QED) is 0.762. The lowest BCUT2D eigenvalue weighted by molar-refractivity contribution is -0.120. The molecule has 5 heteroatoms. The zero-order chi connectivity index (χ0) is 17.1. The number of amides is 1. The highest BCUT2D eigenvalue weighted by Gasteiger charge is 2.21. The predicted octanol–water partition coefficient (Wildman–Crippen LogP) is 3.67. The molecule has 25 heavy (non-hydrogen) atoms. The molecule has 4 rings (SSSR count). The third-order valence-electron chi connectivity index (χ3n) is 4.58. The lowest BCUT2D eigenvalue weighted by Gasteiger charge is -2.15. The number of aromatic nitrogens is 2. The van der Waals surface area contributed by atoms with Gasteiger partial charge in [-0.1, -0.05) is 24.3 Å². The van der Waals surface area contributed by atoms with Crippen LogP contribution in [-0.4, -0.2) is 15.5 Å². The van der Waals surface area contributed by atoms with E-state index in [4.69, 9.17) is 4.98 Å². The van der Waals surface area contributed by atoms with E-state index in [-0.39, 0.29) is 5.91 Å². The largest absolute Gasteiger partial charge is 0.349 e. The molecule has 1 amide bonds. The molecule has 1 aromatic carbocycles. The number of hydrogen-bond donors (Lipinski definition) is 1. The first-order chi connectivity index (χ1) is 12.3. The highest BCUT2D eigenvalue weighted by Crippen LogP contribution is 2.25. The number of benzene rings is 1. The van der Waals surface area contributed by atoms with Crippen molar-refractivity contribution in [2.24, 2.45) is 0 Å². The van der Waals surface area contributed by atoms with Crippen molar-refractivity contribution in [3.63, 3.8) is 0 Å². The fourth-order valence-corrected chi connectivity index (χ4v) is 4.11. The Morgan fingerprint density at radius 2 is 1.96 bits per heavy atom. The fraction of sp³-hybridized carbons (Fsp3) is 0.300. The van der Waals surface area contributed by atoms with Crippen LogP contribution in [0.1, 0.15) is 34.9 Å². The first-order valence-electron chi connectivity index (χ1n) is 8.75. The van der Waals surface area contributed by atoms with Crippen molar-refractivity contribution in [1.29, 1.82) is 0 Å². The summed E-state index contributed by atoms with van der Waals surface area (Å²) in [5.74, 6) is 0.973. The molecule has 1 aliphatic carbocycles. The number of fused-ring (bicyclic) bond motifs is 1. The summed E-state index contributed by atoms with van der Waals surface area (Å²) in [5.41, 5.74) is 3.62. The van der Waals surface area contributed by atoms with Gasteiger partial charge >= 0.3 is 0 Å². The zero-order valence-electron chi connectivity index (χ0n) is 14.1. The molecule has 0 bridgehead atoms. The zero-order valence-corrected chi connectivity index (χ0v) is 14.9. The third kappa shape index (κ3) is 3.51. The van der Waals surface area contributed by atoms with Gasteiger partial charge < -0.3 is 5.32 Å². The van der Waals surface area contributed by atoms with Crippen LogP contribution in [0.5, 0.6) is 0 Å². The normalized spacial score (nSPS) is 13.4. The second kappa shape index (κ2) is 7.23. The Balaban J connectivity index is 1.56. The summed E-state index contributed by atoms with van der Waals surface area (Å²) < 4.78 is 2.24. The molecule has 0 radical (unpaired) electrons. The van der Waals surface area contributed by atoms with Gasteiger partial charge in [-0.05, 0) is 49.3 Å². The molecule has 1 aliphatic rings. The van der Waals surface area contributed by atoms with Crippen molar-refractivity contribution in [2.45, 2.75) is 38.6 Å². The topological polar surface area (TPSA) is 46.9 Å². The number of para-hydroxylation sites is 1. The molecule has 0 atom stereocenters. The average Bonchev–Trinajstić information content (AvgIpc) is 3.27. The van der Waals surface area contributed by atoms with Gasteiger partial charge in [-0.15, -0.1) is 11.3 Å². The Kier molecular flexibility index (Phi) is 4.65. The molecule has 2 aromatic heterocycles. The molecule has 4 nitrogen and oxygen atoms in total. The number of carbonyl (C=O) groups is 1. The van der Waals surface area contributed by atoms with E-state index in [1.165, 1.54) is 24.2 Å². The first-order valence-corrected chi connectivity index (χ1v) is 9.63. The van der Waals surface area contributed by atoms with E-state index in [1.807, 2.05) is 35.7 Å². The van der Waals surface area contributed by atoms with Crippen LogP contribution in [0, 0.1) is 0 Å². The molecule has 0 saturated heterocycles. The van der Waals surface area contributed by atoms with Crippen molar-refractivity contribution in [1.82, 2.24) is 14.9 Å². The summed E-state index contributed by atoms with van der Waals surface area (Å²) in [6.45, 7) is 0.464. The Bertz CT molecular complexity index is 853. The van der Waals surface area contributed by atoms with Gasteiger partial charge in [0.25, 0.3) is 0 Å². The van der Waals surface area contributed by atoms with Gasteiger partial charge in [0, 0.05) is 16.3 Å². The van der Waals surface area contributed by atoms with E-state index < -0.39 is 0 Å². The van der Waals surface area contributed by atoms with E-state index in [9.17, 15) is 4.79 Å². The minimum absolute atomic E-state index is 0.0445. The number of imidazole rings is 1. The molecular formula is C20H21N3OS. The van der Waals surface area contributed by atoms with E-state index in [2.05, 4.69) is 22.0 Å². The first kappa shape index (κ1) is 16.1. The van der Waals surface area contributed by atoms with Crippen LogP contribution in [0.15, 0.2) is 47.8 Å². The number of nitrogens with one attached hydrogen (secondary N) is 1. The van der Waals surface area contributed by atoms with Crippen LogP contribution in [-0.2, 0) is 30.6 Å². The summed E-state index contributed by atoms with van der Waals surface area (Å²) in [7, 11) is 0. The van der Waals surface area contributed by atoms with Crippen LogP contribution >= 0.6 is 11.3 Å². The molecule has 128 valence electrons. The van der Waals surface area contributed by atoms with E-state index in [0.717, 1.165) is 29.2 Å². The molecule has 0 fully saturated rings. The number of rotatable bonds is 5. The summed E-state index contributed by atoms with van der Waals surface area (Å²) >= 11 is 1.61. The number of nitrogens with zero attached hydrogens (tertiary/aromatic N) is 2. The molecule has 0 unspecified atom stereocenters. The van der Waals surface area contributed by atoms with Crippen molar-refractivity contribution in [3.8, 4) is 5.69 Å². The maximum atomic E-state index is 12.2. The van der Waals surface area contributed by atoms with Crippen molar-refractivity contribution >= 4 is 17.2 Å². The Hall–Kier alpha value is -2.40. The summed E-state index contributed by atoms with van der Waals surface area (Å²) in [6.07, 6.45) is 4.92. The van der Waals surface area contributed by atoms with E-state index >= 15 is 0 Å². The molecule has 3 aromatic rings. The second-order valence-corrected chi connectivity index (χ2v) is 7.36. The van der Waals surface area contributed by atoms with Crippen LogP contribution in [0.2, 0.25) is 0 Å². The van der Waals surface area contributed by atoms with E-state index in [1.54, 1.807) is 11.3 Å². The lowest BCUT2D eigenvalue weighted by atomic mass is 10.0. The van der Waals surface area contributed by atoms with Gasteiger partial charge in [0.2, 0.25) is 5.91 Å². The second-order valence-electron chi connectivity index (χ2n) is 6.33. The third-order valence-corrected chi connectivity index (χ3v) is 5.45. The number of hydrogen-bond acceptors (Lipinski definition) is 3. The molecule has 0 aliphatic heterocycles. The Morgan fingerprint density at radius 1 is 1.12 bits per heavy atom. The van der Waals surface area contributed by atoms with Gasteiger partial charge in [0.1, 0.15) is 5.82 Å². The highest BCUT2D eigenvalue weighted by atomic mass is 32.1. The lowest BCUT2D eigenvalue weighted by Crippen LogP contribution is -2.26. The van der Waals surface area contributed by atoms with Gasteiger partial charge in [-0.3, -0.25) is 9.36 Å². The number of aryl methyl sites for hydroxylation is 1. The average molecular weight is 351 g/mol. The SMILES string of the molecule is O=C(Cc1cccs1)NCc1nc2c(n1-c1ccccc1)CCCC2. The maximum absolute atomic E-state index is 12.2. The molecule has 2 heterocycles. The summed E-state index contributed by atoms with van der Waals surface area (Å²) in [4.78, 5) is 18.2. The van der Waals surface area contributed by atoms with Gasteiger partial charge in [0.05, 0.1) is 18.7 Å². The smallest absolute Gasteiger partial charge is 0.225 e. The molecular weight excluding hydrogens is 330 g/mol. The number of thiophene rings is 1. The monoisotopic (exact) mass is 351 g/mol. The van der Waals surface area contributed by atoms with Crippen LogP contribution in [0.25, 0.3) is 5.69 Å². The fourth-order valence-electron chi connectivity index (χ4n) is 3.41. The Morgan fingerprint density at radius 3 is 2.76 bits per heavy atom. The predicted molar refractivity (Wildman–Crippen MR) is 100 cm³/mol. The van der Waals surface area contributed by atoms with Crippen molar-refractivity contribution < 1.29 is 4.79 Å². The molecule has 1 N–H and O–H groups in total. The van der Waals surface area contributed by atoms with Gasteiger partial charge in [0.15, 0.2) is 0 Å². The van der Waals surface area contributed by atoms with Crippen LogP contribution in [0.4, 0.5) is 0 Å². The minimum Gasteiger partial charge on any atom is -0.349 e. The summed E-state index contributed by atoms with van der Waals surface area (Å²) in [5, 5.41) is 5.04. The maximum Gasteiger partial charge on any atom is 0.225 e. The van der Waals surface area contributed by atoms with Gasteiger partial charge in [-0.25, -0.2) is 4.98 Å². The standard InChI is InChI=1S/C20H21N3OS/c24-20(13-16-9-6-12-25-16)21-14-19-22-17-10-4-5-11-18(17)23(19)15-7-2-1-3-8-15/h1-3,6-9,12H,4-5,10-11,13-14H2,(H,21,24). The van der Waals surface area contributed by atoms with Gasteiger partial charge in [-0.2, -0.15) is 0 Å². The number of carbonyl (C=O) groups excluding carboxylic acids is 1.